The highest BCUT2D eigenvalue weighted by atomic mass is 19.1. The molecule has 3 N–H and O–H groups in total. The second-order valence-electron chi connectivity index (χ2n) is 7.17. The number of aliphatic hydroxyl groups excluding tert-OH is 2. The summed E-state index contributed by atoms with van der Waals surface area (Å²) in [5.41, 5.74) is -2.91. The van der Waals surface area contributed by atoms with E-state index in [4.69, 9.17) is 4.74 Å². The maximum atomic E-state index is 14.7. The molecule has 3 aliphatic heterocycles. The summed E-state index contributed by atoms with van der Waals surface area (Å²) >= 11 is 0. The zero-order valence-corrected chi connectivity index (χ0v) is 13.9. The largest absolute Gasteiger partial charge is 0.394 e. The minimum atomic E-state index is -1.81. The first-order chi connectivity index (χ1) is 12.3. The van der Waals surface area contributed by atoms with Crippen LogP contribution in [-0.4, -0.2) is 81.3 Å². The Labute approximate surface area is 148 Å². The van der Waals surface area contributed by atoms with Gasteiger partial charge in [-0.2, -0.15) is 14.6 Å². The molecule has 10 heteroatoms. The van der Waals surface area contributed by atoms with Crippen molar-refractivity contribution in [1.82, 2.24) is 5.01 Å². The van der Waals surface area contributed by atoms with Crippen LogP contribution in [-0.2, 0) is 9.53 Å². The number of ketones is 1. The molecule has 0 radical (unpaired) electrons. The highest BCUT2D eigenvalue weighted by Crippen LogP contribution is 2.46. The molecule has 0 aromatic rings. The van der Waals surface area contributed by atoms with Crippen molar-refractivity contribution < 1.29 is 29.2 Å². The first-order valence-corrected chi connectivity index (χ1v) is 8.28. The number of azo groups is 1. The third-order valence-corrected chi connectivity index (χ3v) is 5.45. The van der Waals surface area contributed by atoms with Crippen LogP contribution in [0.2, 0.25) is 0 Å². The van der Waals surface area contributed by atoms with Crippen LogP contribution >= 0.6 is 0 Å². The molecule has 9 nitrogen and oxygen atoms in total. The molecule has 3 heterocycles. The highest BCUT2D eigenvalue weighted by molar-refractivity contribution is 5.98. The average molecular weight is 366 g/mol. The van der Waals surface area contributed by atoms with Crippen molar-refractivity contribution in [2.24, 2.45) is 20.7 Å². The predicted molar refractivity (Wildman–Crippen MR) is 85.8 cm³/mol. The summed E-state index contributed by atoms with van der Waals surface area (Å²) in [5.74, 6) is -1.16. The van der Waals surface area contributed by atoms with E-state index in [0.29, 0.717) is 0 Å². The Morgan fingerprint density at radius 2 is 2.12 bits per heavy atom. The molecule has 1 fully saturated rings. The van der Waals surface area contributed by atoms with Crippen molar-refractivity contribution in [2.75, 3.05) is 13.2 Å². The van der Waals surface area contributed by atoms with Crippen LogP contribution in [0.3, 0.4) is 0 Å². The van der Waals surface area contributed by atoms with Gasteiger partial charge in [-0.1, -0.05) is 18.2 Å². The van der Waals surface area contributed by atoms with Crippen molar-refractivity contribution >= 4 is 11.7 Å². The van der Waals surface area contributed by atoms with Crippen molar-refractivity contribution in [3.05, 3.63) is 24.3 Å². The molecule has 0 aromatic heterocycles. The maximum Gasteiger partial charge on any atom is 0.235 e. The summed E-state index contributed by atoms with van der Waals surface area (Å²) in [7, 11) is 0. The van der Waals surface area contributed by atoms with E-state index >= 15 is 0 Å². The van der Waals surface area contributed by atoms with E-state index in [2.05, 4.69) is 15.3 Å². The number of hydrogen-bond acceptors (Lipinski definition) is 9. The van der Waals surface area contributed by atoms with Crippen molar-refractivity contribution in [3.8, 4) is 0 Å². The number of aliphatic hydroxyl groups is 3. The van der Waals surface area contributed by atoms with Crippen LogP contribution in [0.4, 0.5) is 4.39 Å². The molecule has 3 unspecified atom stereocenters. The molecule has 1 spiro atoms. The van der Waals surface area contributed by atoms with Crippen LogP contribution in [0.15, 0.2) is 39.6 Å². The van der Waals surface area contributed by atoms with Crippen molar-refractivity contribution in [1.29, 1.82) is 0 Å². The molecule has 0 aromatic carbocycles. The fraction of sp³-hybridized carbons (Fsp3) is 0.625. The van der Waals surface area contributed by atoms with Gasteiger partial charge in [0.15, 0.2) is 18.1 Å². The second-order valence-corrected chi connectivity index (χ2v) is 7.17. The van der Waals surface area contributed by atoms with Gasteiger partial charge in [0.05, 0.1) is 18.6 Å². The van der Waals surface area contributed by atoms with E-state index in [1.807, 2.05) is 0 Å². The monoisotopic (exact) mass is 366 g/mol. The van der Waals surface area contributed by atoms with Crippen LogP contribution < -0.4 is 0 Å². The summed E-state index contributed by atoms with van der Waals surface area (Å²) in [4.78, 5) is 12.3. The maximum absolute atomic E-state index is 14.7. The number of allylic oxidation sites excluding steroid dienone is 2. The normalized spacial score (nSPS) is 47.0. The van der Waals surface area contributed by atoms with Crippen LogP contribution in [0.1, 0.15) is 6.92 Å². The SMILES string of the molecule is C[C@@]1(O)[C@H](O)[C@@H](CO)O[C@H]1N1CC23C=CC=CC(=O)C2N=NC3C(F)=N1. The number of rotatable bonds is 2. The lowest BCUT2D eigenvalue weighted by Gasteiger charge is -2.43. The molecule has 4 rings (SSSR count). The molecule has 1 aliphatic carbocycles. The predicted octanol–water partition coefficient (Wildman–Crippen LogP) is -0.701. The summed E-state index contributed by atoms with van der Waals surface area (Å²) in [6, 6.07) is -1.94. The lowest BCUT2D eigenvalue weighted by molar-refractivity contribution is -0.146. The standard InChI is InChI=1S/C16H19FN4O5/c1-15(25)12(24)9(6-22)26-14(15)21-7-16-5-3-2-4-8(23)10(16)18-19-11(16)13(17)20-21/h2-5,9-12,14,22,24-25H,6-7H2,1H3/t9-,10?,11?,12-,14-,15-,16?/m1/s1. The number of hydrazone groups is 1. The van der Waals surface area contributed by atoms with E-state index in [1.54, 1.807) is 18.2 Å². The van der Waals surface area contributed by atoms with Gasteiger partial charge < -0.3 is 20.1 Å². The van der Waals surface area contributed by atoms with Gasteiger partial charge in [0.1, 0.15) is 23.9 Å². The number of carbonyl (C=O) groups excluding carboxylic acids is 1. The average Bonchev–Trinajstić information content (AvgIpc) is 3.03. The number of nitrogens with zero attached hydrogens (tertiary/aromatic N) is 4. The van der Waals surface area contributed by atoms with Gasteiger partial charge in [-0.3, -0.25) is 9.80 Å². The van der Waals surface area contributed by atoms with Gasteiger partial charge in [-0.25, -0.2) is 0 Å². The second kappa shape index (κ2) is 5.74. The van der Waals surface area contributed by atoms with Gasteiger partial charge in [-0.05, 0) is 13.0 Å². The topological polar surface area (TPSA) is 127 Å². The number of carbonyl (C=O) groups is 1. The van der Waals surface area contributed by atoms with Crippen LogP contribution in [0.25, 0.3) is 0 Å². The Morgan fingerprint density at radius 3 is 2.81 bits per heavy atom. The molecule has 0 saturated carbocycles. The van der Waals surface area contributed by atoms with Crippen LogP contribution in [0, 0.1) is 5.41 Å². The summed E-state index contributed by atoms with van der Waals surface area (Å²) < 4.78 is 20.3. The third-order valence-electron chi connectivity index (χ3n) is 5.45. The molecular weight excluding hydrogens is 347 g/mol. The van der Waals surface area contributed by atoms with E-state index in [9.17, 15) is 24.5 Å². The van der Waals surface area contributed by atoms with E-state index in [0.717, 1.165) is 5.01 Å². The number of hydrogen-bond donors (Lipinski definition) is 3. The van der Waals surface area contributed by atoms with Gasteiger partial charge in [0.2, 0.25) is 5.97 Å². The van der Waals surface area contributed by atoms with Gasteiger partial charge in [0, 0.05) is 0 Å². The highest BCUT2D eigenvalue weighted by Gasteiger charge is 2.61. The third kappa shape index (κ3) is 2.22. The summed E-state index contributed by atoms with van der Waals surface area (Å²) in [6.45, 7) is 0.807. The van der Waals surface area contributed by atoms with Crippen molar-refractivity contribution in [2.45, 2.75) is 43.0 Å². The minimum absolute atomic E-state index is 0.00163. The Kier molecular flexibility index (Phi) is 3.85. The minimum Gasteiger partial charge on any atom is -0.394 e. The molecule has 140 valence electrons. The smallest absolute Gasteiger partial charge is 0.235 e. The lowest BCUT2D eigenvalue weighted by Crippen LogP contribution is -2.60. The van der Waals surface area contributed by atoms with Crippen molar-refractivity contribution in [3.63, 3.8) is 0 Å². The first kappa shape index (κ1) is 17.4. The molecular formula is C16H19FN4O5. The molecule has 7 atom stereocenters. The quantitative estimate of drug-likeness (QED) is 0.593. The van der Waals surface area contributed by atoms with Gasteiger partial charge in [0.25, 0.3) is 0 Å². The van der Waals surface area contributed by atoms with Crippen LogP contribution in [0.5, 0.6) is 0 Å². The Morgan fingerprint density at radius 1 is 1.38 bits per heavy atom. The fourth-order valence-electron chi connectivity index (χ4n) is 4.02. The molecule has 1 saturated heterocycles. The van der Waals surface area contributed by atoms with Gasteiger partial charge >= 0.3 is 0 Å². The first-order valence-electron chi connectivity index (χ1n) is 8.28. The number of halogens is 1. The van der Waals surface area contributed by atoms with Gasteiger partial charge in [-0.15, -0.1) is 5.10 Å². The molecule has 26 heavy (non-hydrogen) atoms. The van der Waals surface area contributed by atoms with E-state index in [-0.39, 0.29) is 12.3 Å². The van der Waals surface area contributed by atoms with E-state index in [1.165, 1.54) is 13.0 Å². The number of ether oxygens (including phenoxy) is 1. The Bertz CT molecular complexity index is 751. The Balaban J connectivity index is 1.72. The summed E-state index contributed by atoms with van der Waals surface area (Å²) in [5, 5.41) is 43.0. The molecule has 0 bridgehead atoms. The zero-order valence-electron chi connectivity index (χ0n) is 13.9. The molecule has 4 aliphatic rings. The molecule has 0 amide bonds. The zero-order chi connectivity index (χ0) is 18.7. The summed E-state index contributed by atoms with van der Waals surface area (Å²) in [6.07, 6.45) is 2.60. The lowest BCUT2D eigenvalue weighted by atomic mass is 9.73. The fourth-order valence-corrected chi connectivity index (χ4v) is 4.02. The Hall–Kier alpha value is -2.01. The van der Waals surface area contributed by atoms with E-state index < -0.39 is 54.1 Å².